The van der Waals surface area contributed by atoms with Gasteiger partial charge in [-0.15, -0.1) is 11.6 Å². The lowest BCUT2D eigenvalue weighted by Gasteiger charge is -2.26. The minimum Gasteiger partial charge on any atom is -0.161 e. The standard InChI is InChI=1S/C5H9ClS/c1-4(6)5-2-7-3-5/h4-5H,2-3H2,1H3. The highest BCUT2D eigenvalue weighted by atomic mass is 35.5. The fourth-order valence-corrected chi connectivity index (χ4v) is 1.99. The summed E-state index contributed by atoms with van der Waals surface area (Å²) in [6.07, 6.45) is 0. The molecule has 0 aromatic rings. The molecule has 1 saturated heterocycles. The van der Waals surface area contributed by atoms with E-state index in [0.29, 0.717) is 5.38 Å². The number of hydrogen-bond acceptors (Lipinski definition) is 1. The maximum atomic E-state index is 5.77. The van der Waals surface area contributed by atoms with Crippen LogP contribution in [0.25, 0.3) is 0 Å². The smallest absolute Gasteiger partial charge is 0.0351 e. The van der Waals surface area contributed by atoms with Gasteiger partial charge in [0, 0.05) is 5.38 Å². The zero-order valence-corrected chi connectivity index (χ0v) is 5.93. The minimum absolute atomic E-state index is 0.404. The quantitative estimate of drug-likeness (QED) is 0.497. The molecule has 1 aliphatic heterocycles. The summed E-state index contributed by atoms with van der Waals surface area (Å²) in [4.78, 5) is 0. The van der Waals surface area contributed by atoms with E-state index in [0.717, 1.165) is 5.92 Å². The van der Waals surface area contributed by atoms with Crippen LogP contribution in [-0.4, -0.2) is 16.9 Å². The van der Waals surface area contributed by atoms with Gasteiger partial charge in [0.05, 0.1) is 0 Å². The summed E-state index contributed by atoms with van der Waals surface area (Å²) >= 11 is 7.76. The Labute approximate surface area is 53.6 Å². The first-order chi connectivity index (χ1) is 3.30. The van der Waals surface area contributed by atoms with E-state index in [4.69, 9.17) is 11.6 Å². The summed E-state index contributed by atoms with van der Waals surface area (Å²) in [5.74, 6) is 3.38. The molecule has 1 heterocycles. The maximum Gasteiger partial charge on any atom is 0.0351 e. The van der Waals surface area contributed by atoms with Gasteiger partial charge in [-0.05, 0) is 24.3 Å². The number of alkyl halides is 1. The second-order valence-electron chi connectivity index (χ2n) is 1.98. The third kappa shape index (κ3) is 1.26. The average Bonchev–Trinajstić information content (AvgIpc) is 1.23. The number of thioether (sulfide) groups is 1. The lowest BCUT2D eigenvalue weighted by Crippen LogP contribution is -2.25. The van der Waals surface area contributed by atoms with Crippen LogP contribution >= 0.6 is 23.4 Å². The Balaban J connectivity index is 2.14. The molecule has 1 rings (SSSR count). The molecule has 1 atom stereocenters. The molecule has 0 amide bonds. The zero-order valence-electron chi connectivity index (χ0n) is 4.36. The van der Waals surface area contributed by atoms with Gasteiger partial charge in [0.1, 0.15) is 0 Å². The first-order valence-corrected chi connectivity index (χ1v) is 4.11. The SMILES string of the molecule is CC(Cl)C1CSC1. The van der Waals surface area contributed by atoms with E-state index in [9.17, 15) is 0 Å². The highest BCUT2D eigenvalue weighted by Crippen LogP contribution is 2.29. The van der Waals surface area contributed by atoms with Crippen molar-refractivity contribution in [1.82, 2.24) is 0 Å². The van der Waals surface area contributed by atoms with Gasteiger partial charge < -0.3 is 0 Å². The Bertz CT molecular complexity index is 59.1. The molecular weight excluding hydrogens is 128 g/mol. The molecule has 1 aliphatic rings. The van der Waals surface area contributed by atoms with Gasteiger partial charge in [0.15, 0.2) is 0 Å². The van der Waals surface area contributed by atoms with Crippen molar-refractivity contribution in [2.75, 3.05) is 11.5 Å². The van der Waals surface area contributed by atoms with Gasteiger partial charge in [-0.25, -0.2) is 0 Å². The van der Waals surface area contributed by atoms with Crippen molar-refractivity contribution in [2.24, 2.45) is 5.92 Å². The van der Waals surface area contributed by atoms with Crippen LogP contribution in [0.15, 0.2) is 0 Å². The third-order valence-electron chi connectivity index (χ3n) is 1.31. The van der Waals surface area contributed by atoms with Crippen LogP contribution in [-0.2, 0) is 0 Å². The predicted molar refractivity (Wildman–Crippen MR) is 36.1 cm³/mol. The van der Waals surface area contributed by atoms with E-state index < -0.39 is 0 Å². The number of halogens is 1. The third-order valence-corrected chi connectivity index (χ3v) is 3.00. The van der Waals surface area contributed by atoms with E-state index in [1.807, 2.05) is 11.8 Å². The molecule has 42 valence electrons. The summed E-state index contributed by atoms with van der Waals surface area (Å²) in [6, 6.07) is 0. The second-order valence-corrected chi connectivity index (χ2v) is 3.74. The van der Waals surface area contributed by atoms with Crippen LogP contribution in [0.4, 0.5) is 0 Å². The molecule has 0 aromatic carbocycles. The van der Waals surface area contributed by atoms with Crippen molar-refractivity contribution in [3.63, 3.8) is 0 Å². The van der Waals surface area contributed by atoms with E-state index in [2.05, 4.69) is 6.92 Å². The number of hydrogen-bond donors (Lipinski definition) is 0. The molecule has 1 fully saturated rings. The molecular formula is C5H9ClS. The van der Waals surface area contributed by atoms with Gasteiger partial charge in [-0.2, -0.15) is 11.8 Å². The molecule has 7 heavy (non-hydrogen) atoms. The molecule has 0 aliphatic carbocycles. The lowest BCUT2D eigenvalue weighted by atomic mass is 10.1. The summed E-state index contributed by atoms with van der Waals surface area (Å²) in [6.45, 7) is 2.08. The fourth-order valence-electron chi connectivity index (χ4n) is 0.519. The van der Waals surface area contributed by atoms with Crippen molar-refractivity contribution in [3.8, 4) is 0 Å². The van der Waals surface area contributed by atoms with Crippen molar-refractivity contribution in [3.05, 3.63) is 0 Å². The molecule has 0 saturated carbocycles. The maximum absolute atomic E-state index is 5.77. The van der Waals surface area contributed by atoms with Crippen LogP contribution in [0, 0.1) is 5.92 Å². The van der Waals surface area contributed by atoms with Crippen molar-refractivity contribution >= 4 is 23.4 Å². The lowest BCUT2D eigenvalue weighted by molar-refractivity contribution is 0.625. The van der Waals surface area contributed by atoms with Gasteiger partial charge >= 0.3 is 0 Å². The van der Waals surface area contributed by atoms with Crippen LogP contribution in [0.1, 0.15) is 6.92 Å². The van der Waals surface area contributed by atoms with Crippen LogP contribution in [0.5, 0.6) is 0 Å². The van der Waals surface area contributed by atoms with E-state index >= 15 is 0 Å². The molecule has 0 bridgehead atoms. The van der Waals surface area contributed by atoms with Gasteiger partial charge in [0.2, 0.25) is 0 Å². The monoisotopic (exact) mass is 136 g/mol. The van der Waals surface area contributed by atoms with E-state index in [-0.39, 0.29) is 0 Å². The highest BCUT2D eigenvalue weighted by molar-refractivity contribution is 8.00. The van der Waals surface area contributed by atoms with E-state index in [1.54, 1.807) is 0 Å². The molecule has 0 nitrogen and oxygen atoms in total. The molecule has 0 aromatic heterocycles. The Kier molecular flexibility index (Phi) is 1.87. The van der Waals surface area contributed by atoms with E-state index in [1.165, 1.54) is 11.5 Å². The second kappa shape index (κ2) is 2.27. The summed E-state index contributed by atoms with van der Waals surface area (Å²) in [7, 11) is 0. The van der Waals surface area contributed by atoms with Gasteiger partial charge in [0.25, 0.3) is 0 Å². The van der Waals surface area contributed by atoms with Gasteiger partial charge in [-0.3, -0.25) is 0 Å². The normalized spacial score (nSPS) is 26.6. The van der Waals surface area contributed by atoms with Crippen molar-refractivity contribution in [2.45, 2.75) is 12.3 Å². The predicted octanol–water partition coefficient (Wildman–Crippen LogP) is 1.98. The Morgan fingerprint density at radius 1 is 1.71 bits per heavy atom. The topological polar surface area (TPSA) is 0 Å². The van der Waals surface area contributed by atoms with Crippen molar-refractivity contribution < 1.29 is 0 Å². The Hall–Kier alpha value is 0.640. The average molecular weight is 137 g/mol. The highest BCUT2D eigenvalue weighted by Gasteiger charge is 2.22. The summed E-state index contributed by atoms with van der Waals surface area (Å²) < 4.78 is 0. The fraction of sp³-hybridized carbons (Fsp3) is 1.00. The van der Waals surface area contributed by atoms with Crippen LogP contribution in [0.2, 0.25) is 0 Å². The largest absolute Gasteiger partial charge is 0.161 e. The Morgan fingerprint density at radius 3 is 2.29 bits per heavy atom. The van der Waals surface area contributed by atoms with Crippen LogP contribution < -0.4 is 0 Å². The molecule has 0 radical (unpaired) electrons. The summed E-state index contributed by atoms with van der Waals surface area (Å²) in [5, 5.41) is 0.404. The number of rotatable bonds is 1. The summed E-state index contributed by atoms with van der Waals surface area (Å²) in [5.41, 5.74) is 0. The Morgan fingerprint density at radius 2 is 2.29 bits per heavy atom. The molecule has 1 unspecified atom stereocenters. The molecule has 0 N–H and O–H groups in total. The molecule has 0 spiro atoms. The van der Waals surface area contributed by atoms with Crippen LogP contribution in [0.3, 0.4) is 0 Å². The molecule has 2 heteroatoms. The zero-order chi connectivity index (χ0) is 5.28. The first kappa shape index (κ1) is 5.77. The van der Waals surface area contributed by atoms with Crippen molar-refractivity contribution in [1.29, 1.82) is 0 Å². The minimum atomic E-state index is 0.404. The van der Waals surface area contributed by atoms with Gasteiger partial charge in [-0.1, -0.05) is 0 Å². The first-order valence-electron chi connectivity index (χ1n) is 2.52.